The van der Waals surface area contributed by atoms with Crippen molar-refractivity contribution < 1.29 is 9.21 Å². The highest BCUT2D eigenvalue weighted by atomic mass is 35.5. The minimum atomic E-state index is -0.0867. The molecule has 1 N–H and O–H groups in total. The zero-order valence-electron chi connectivity index (χ0n) is 19.1. The average molecular weight is 497 g/mol. The first-order valence-electron chi connectivity index (χ1n) is 11.2. The lowest BCUT2D eigenvalue weighted by molar-refractivity contribution is -0.121. The fourth-order valence-corrected chi connectivity index (χ4v) is 4.35. The maximum absolute atomic E-state index is 12.8. The molecule has 0 saturated heterocycles. The molecule has 176 valence electrons. The number of halogens is 2. The van der Waals surface area contributed by atoms with Gasteiger partial charge in [0.05, 0.1) is 29.4 Å². The summed E-state index contributed by atoms with van der Waals surface area (Å²) in [5, 5.41) is 4.78. The van der Waals surface area contributed by atoms with E-state index in [1.807, 2.05) is 67.3 Å². The molecule has 34 heavy (non-hydrogen) atoms. The number of aryl methyl sites for hydroxylation is 1. The van der Waals surface area contributed by atoms with Crippen LogP contribution in [0.25, 0.3) is 10.9 Å². The van der Waals surface area contributed by atoms with E-state index in [2.05, 4.69) is 10.3 Å². The van der Waals surface area contributed by atoms with Gasteiger partial charge in [0.1, 0.15) is 17.4 Å². The smallest absolute Gasteiger partial charge is 0.222 e. The number of carbonyl (C=O) groups excluding carboxylic acids is 1. The van der Waals surface area contributed by atoms with Crippen LogP contribution in [0.5, 0.6) is 0 Å². The van der Waals surface area contributed by atoms with Crippen LogP contribution in [0.4, 0.5) is 5.82 Å². The van der Waals surface area contributed by atoms with Gasteiger partial charge in [-0.25, -0.2) is 9.97 Å². The molecule has 6 nitrogen and oxygen atoms in total. The van der Waals surface area contributed by atoms with Gasteiger partial charge in [-0.1, -0.05) is 60.5 Å². The summed E-state index contributed by atoms with van der Waals surface area (Å²) in [5.41, 5.74) is 1.70. The molecule has 2 heterocycles. The Balaban J connectivity index is 1.62. The first kappa shape index (κ1) is 24.0. The van der Waals surface area contributed by atoms with Gasteiger partial charge in [-0.15, -0.1) is 0 Å². The van der Waals surface area contributed by atoms with E-state index >= 15 is 0 Å². The monoisotopic (exact) mass is 496 g/mol. The van der Waals surface area contributed by atoms with Crippen LogP contribution < -0.4 is 10.2 Å². The first-order valence-corrected chi connectivity index (χ1v) is 12.0. The predicted octanol–water partition coefficient (Wildman–Crippen LogP) is 6.37. The standard InChI is InChI=1S/C26H26Cl2N4O2/c1-3-23-30-25-21(14-19(27)15-22(25)28)26(31-23)32(16-20-10-7-13-34-20)12-11-24(33)29-17(2)18-8-5-4-6-9-18/h4-10,13-15,17H,3,11-12,16H2,1-2H3,(H,29,33). The number of hydrogen-bond donors (Lipinski definition) is 1. The number of nitrogens with zero attached hydrogens (tertiary/aromatic N) is 3. The Morgan fingerprint density at radius 2 is 1.91 bits per heavy atom. The molecule has 2 aromatic carbocycles. The molecule has 4 rings (SSSR count). The van der Waals surface area contributed by atoms with E-state index in [1.54, 1.807) is 12.3 Å². The highest BCUT2D eigenvalue weighted by Crippen LogP contribution is 2.33. The van der Waals surface area contributed by atoms with Crippen LogP contribution in [-0.2, 0) is 17.8 Å². The highest BCUT2D eigenvalue weighted by molar-refractivity contribution is 6.38. The second kappa shape index (κ2) is 10.9. The zero-order valence-corrected chi connectivity index (χ0v) is 20.6. The van der Waals surface area contributed by atoms with Gasteiger partial charge in [0.2, 0.25) is 5.91 Å². The van der Waals surface area contributed by atoms with E-state index in [0.717, 1.165) is 16.7 Å². The third kappa shape index (κ3) is 5.69. The van der Waals surface area contributed by atoms with Crippen LogP contribution in [-0.4, -0.2) is 22.4 Å². The molecular weight excluding hydrogens is 471 g/mol. The SMILES string of the molecule is CCc1nc(N(CCC(=O)NC(C)c2ccccc2)Cc2ccco2)c2cc(Cl)cc(Cl)c2n1. The third-order valence-electron chi connectivity index (χ3n) is 5.57. The normalized spacial score (nSPS) is 12.0. The van der Waals surface area contributed by atoms with E-state index in [4.69, 9.17) is 32.6 Å². The summed E-state index contributed by atoms with van der Waals surface area (Å²) < 4.78 is 5.59. The summed E-state index contributed by atoms with van der Waals surface area (Å²) in [6.07, 6.45) is 2.55. The summed E-state index contributed by atoms with van der Waals surface area (Å²) in [6.45, 7) is 4.83. The van der Waals surface area contributed by atoms with E-state index in [1.165, 1.54) is 0 Å². The van der Waals surface area contributed by atoms with Gasteiger partial charge in [0.25, 0.3) is 0 Å². The Morgan fingerprint density at radius 1 is 1.12 bits per heavy atom. The fourth-order valence-electron chi connectivity index (χ4n) is 3.81. The molecule has 8 heteroatoms. The minimum absolute atomic E-state index is 0.0501. The second-order valence-electron chi connectivity index (χ2n) is 8.05. The van der Waals surface area contributed by atoms with Crippen molar-refractivity contribution in [2.24, 2.45) is 0 Å². The maximum atomic E-state index is 12.8. The minimum Gasteiger partial charge on any atom is -0.467 e. The molecule has 1 unspecified atom stereocenters. The Labute approximate surface area is 208 Å². The predicted molar refractivity (Wildman–Crippen MR) is 136 cm³/mol. The van der Waals surface area contributed by atoms with Gasteiger partial charge in [-0.2, -0.15) is 0 Å². The van der Waals surface area contributed by atoms with Gasteiger partial charge >= 0.3 is 0 Å². The molecule has 0 spiro atoms. The summed E-state index contributed by atoms with van der Waals surface area (Å²) >= 11 is 12.8. The molecule has 0 bridgehead atoms. The molecule has 0 aliphatic heterocycles. The number of furan rings is 1. The number of hydrogen-bond acceptors (Lipinski definition) is 5. The molecule has 1 amide bonds. The number of carbonyl (C=O) groups is 1. The average Bonchev–Trinajstić information content (AvgIpc) is 3.35. The highest BCUT2D eigenvalue weighted by Gasteiger charge is 2.20. The van der Waals surface area contributed by atoms with Gasteiger partial charge in [-0.05, 0) is 36.8 Å². The van der Waals surface area contributed by atoms with Crippen LogP contribution in [0.3, 0.4) is 0 Å². The number of aromatic nitrogens is 2. The molecular formula is C26H26Cl2N4O2. The second-order valence-corrected chi connectivity index (χ2v) is 8.90. The molecule has 4 aromatic rings. The summed E-state index contributed by atoms with van der Waals surface area (Å²) in [4.78, 5) is 24.2. The van der Waals surface area contributed by atoms with E-state index < -0.39 is 0 Å². The number of fused-ring (bicyclic) bond motifs is 1. The largest absolute Gasteiger partial charge is 0.467 e. The van der Waals surface area contributed by atoms with Crippen molar-refractivity contribution in [2.75, 3.05) is 11.4 Å². The van der Waals surface area contributed by atoms with Crippen LogP contribution in [0.2, 0.25) is 10.0 Å². The lowest BCUT2D eigenvalue weighted by Crippen LogP contribution is -2.32. The van der Waals surface area contributed by atoms with Crippen LogP contribution in [0.15, 0.2) is 65.3 Å². The number of benzene rings is 2. The van der Waals surface area contributed by atoms with E-state index in [-0.39, 0.29) is 18.4 Å². The van der Waals surface area contributed by atoms with Crippen molar-refractivity contribution in [1.82, 2.24) is 15.3 Å². The zero-order chi connectivity index (χ0) is 24.1. The summed E-state index contributed by atoms with van der Waals surface area (Å²) in [6, 6.07) is 17.0. The molecule has 2 aromatic heterocycles. The Hall–Kier alpha value is -3.09. The Kier molecular flexibility index (Phi) is 7.70. The maximum Gasteiger partial charge on any atom is 0.222 e. The van der Waals surface area contributed by atoms with Crippen molar-refractivity contribution in [1.29, 1.82) is 0 Å². The Bertz CT molecular complexity index is 1260. The number of nitrogens with one attached hydrogen (secondary N) is 1. The first-order chi connectivity index (χ1) is 16.4. The van der Waals surface area contributed by atoms with Crippen molar-refractivity contribution in [3.8, 4) is 0 Å². The van der Waals surface area contributed by atoms with E-state index in [9.17, 15) is 4.79 Å². The molecule has 0 aliphatic carbocycles. The summed E-state index contributed by atoms with van der Waals surface area (Å²) in [5.74, 6) is 2.05. The van der Waals surface area contributed by atoms with Gasteiger partial charge in [-0.3, -0.25) is 4.79 Å². The number of rotatable bonds is 9. The number of anilines is 1. The lowest BCUT2D eigenvalue weighted by atomic mass is 10.1. The van der Waals surface area contributed by atoms with Crippen molar-refractivity contribution in [3.63, 3.8) is 0 Å². The van der Waals surface area contributed by atoms with Crippen LogP contribution >= 0.6 is 23.2 Å². The van der Waals surface area contributed by atoms with Gasteiger partial charge in [0.15, 0.2) is 0 Å². The lowest BCUT2D eigenvalue weighted by Gasteiger charge is -2.25. The molecule has 0 saturated carbocycles. The van der Waals surface area contributed by atoms with Gasteiger partial charge in [0, 0.05) is 29.8 Å². The fraction of sp³-hybridized carbons (Fsp3) is 0.269. The quantitative estimate of drug-likeness (QED) is 0.291. The topological polar surface area (TPSA) is 71.3 Å². The van der Waals surface area contributed by atoms with Gasteiger partial charge < -0.3 is 14.6 Å². The van der Waals surface area contributed by atoms with Crippen molar-refractivity contribution in [2.45, 2.75) is 39.3 Å². The molecule has 1 atom stereocenters. The number of amides is 1. The van der Waals surface area contributed by atoms with Crippen LogP contribution in [0, 0.1) is 0 Å². The third-order valence-corrected chi connectivity index (χ3v) is 6.08. The molecule has 0 fully saturated rings. The van der Waals surface area contributed by atoms with Crippen molar-refractivity contribution in [3.05, 3.63) is 88.1 Å². The Morgan fingerprint density at radius 3 is 2.62 bits per heavy atom. The van der Waals surface area contributed by atoms with Crippen LogP contribution in [0.1, 0.15) is 43.5 Å². The summed E-state index contributed by atoms with van der Waals surface area (Å²) in [7, 11) is 0. The van der Waals surface area contributed by atoms with E-state index in [0.29, 0.717) is 46.7 Å². The molecule has 0 radical (unpaired) electrons. The van der Waals surface area contributed by atoms with Crippen molar-refractivity contribution >= 4 is 45.8 Å². The molecule has 0 aliphatic rings.